The summed E-state index contributed by atoms with van der Waals surface area (Å²) < 4.78 is 5.67. The highest BCUT2D eigenvalue weighted by molar-refractivity contribution is 7.36. The molecule has 0 amide bonds. The first kappa shape index (κ1) is 14.2. The van der Waals surface area contributed by atoms with E-state index in [-0.39, 0.29) is 0 Å². The van der Waals surface area contributed by atoms with Crippen molar-refractivity contribution in [2.45, 2.75) is 13.8 Å². The monoisotopic (exact) mass is 344 g/mol. The Hall–Kier alpha value is -2.16. The van der Waals surface area contributed by atoms with Gasteiger partial charge in [-0.05, 0) is 48.2 Å². The van der Waals surface area contributed by atoms with Crippen LogP contribution < -0.4 is 0 Å². The van der Waals surface area contributed by atoms with Crippen molar-refractivity contribution in [3.63, 3.8) is 0 Å². The van der Waals surface area contributed by atoms with Crippen molar-refractivity contribution >= 4 is 52.2 Å². The normalized spacial score (nSPS) is 11.8. The van der Waals surface area contributed by atoms with Gasteiger partial charge in [-0.3, -0.25) is 0 Å². The highest BCUT2D eigenvalue weighted by Crippen LogP contribution is 2.45. The molecule has 0 aliphatic carbocycles. The van der Waals surface area contributed by atoms with Crippen molar-refractivity contribution in [3.05, 3.63) is 71.8 Å². The van der Waals surface area contributed by atoms with Crippen molar-refractivity contribution in [2.75, 3.05) is 0 Å². The van der Waals surface area contributed by atoms with Crippen molar-refractivity contribution in [2.24, 2.45) is 0 Å². The molecule has 0 nitrogen and oxygen atoms in total. The Kier molecular flexibility index (Phi) is 3.06. The van der Waals surface area contributed by atoms with Gasteiger partial charge in [-0.1, -0.05) is 48.5 Å². The Morgan fingerprint density at radius 1 is 0.667 bits per heavy atom. The second-order valence-electron chi connectivity index (χ2n) is 6.39. The second kappa shape index (κ2) is 5.17. The van der Waals surface area contributed by atoms with Crippen LogP contribution in [0.3, 0.4) is 0 Å². The summed E-state index contributed by atoms with van der Waals surface area (Å²) in [5.41, 5.74) is 5.31. The summed E-state index contributed by atoms with van der Waals surface area (Å²) >= 11 is 3.86. The lowest BCUT2D eigenvalue weighted by Crippen LogP contribution is -1.81. The Balaban J connectivity index is 1.79. The summed E-state index contributed by atoms with van der Waals surface area (Å²) in [6, 6.07) is 22.4. The predicted molar refractivity (Wildman–Crippen MR) is 110 cm³/mol. The summed E-state index contributed by atoms with van der Waals surface area (Å²) in [4.78, 5) is 0. The molecule has 0 saturated carbocycles. The zero-order valence-corrected chi connectivity index (χ0v) is 15.2. The van der Waals surface area contributed by atoms with Crippen LogP contribution in [-0.4, -0.2) is 0 Å². The molecule has 116 valence electrons. The molecule has 0 atom stereocenters. The number of hydrogen-bond acceptors (Lipinski definition) is 2. The van der Waals surface area contributed by atoms with Crippen molar-refractivity contribution in [1.29, 1.82) is 0 Å². The van der Waals surface area contributed by atoms with Crippen molar-refractivity contribution in [1.82, 2.24) is 0 Å². The molecule has 0 fully saturated rings. The fourth-order valence-electron chi connectivity index (χ4n) is 3.43. The first-order valence-corrected chi connectivity index (χ1v) is 9.75. The van der Waals surface area contributed by atoms with Gasteiger partial charge in [-0.15, -0.1) is 22.7 Å². The molecule has 24 heavy (non-hydrogen) atoms. The first-order valence-electron chi connectivity index (χ1n) is 8.12. The van der Waals surface area contributed by atoms with Gasteiger partial charge in [0.05, 0.1) is 9.40 Å². The molecule has 2 aromatic heterocycles. The number of rotatable bonds is 1. The summed E-state index contributed by atoms with van der Waals surface area (Å²) in [7, 11) is 0. The lowest BCUT2D eigenvalue weighted by atomic mass is 10.0. The van der Waals surface area contributed by atoms with E-state index in [0.29, 0.717) is 0 Å². The largest absolute Gasteiger partial charge is 0.134 e. The molecule has 0 unspecified atom stereocenters. The number of fused-ring (bicyclic) bond motifs is 5. The minimum absolute atomic E-state index is 1.31. The Bertz CT molecular complexity index is 1220. The lowest BCUT2D eigenvalue weighted by molar-refractivity contribution is 1.46. The van der Waals surface area contributed by atoms with Gasteiger partial charge in [0.15, 0.2) is 0 Å². The highest BCUT2D eigenvalue weighted by atomic mass is 32.1. The fraction of sp³-hybridized carbons (Fsp3) is 0.0909. The SMILES string of the molecule is Cc1ccc2c(c1)sc1c3ccc(-c4ccccc4C)cc3sc21. The zero-order valence-electron chi connectivity index (χ0n) is 13.6. The maximum Gasteiger partial charge on any atom is 0.0542 e. The predicted octanol–water partition coefficient (Wildman–Crippen LogP) is 7.55. The molecular weight excluding hydrogens is 328 g/mol. The fourth-order valence-corrected chi connectivity index (χ4v) is 6.22. The second-order valence-corrected chi connectivity index (χ2v) is 8.49. The molecule has 0 bridgehead atoms. The van der Waals surface area contributed by atoms with Crippen LogP contribution >= 0.6 is 22.7 Å². The van der Waals surface area contributed by atoms with Crippen LogP contribution in [-0.2, 0) is 0 Å². The van der Waals surface area contributed by atoms with Gasteiger partial charge in [-0.25, -0.2) is 0 Å². The van der Waals surface area contributed by atoms with Gasteiger partial charge >= 0.3 is 0 Å². The maximum absolute atomic E-state index is 2.36. The third kappa shape index (κ3) is 2.03. The molecule has 0 aliphatic heterocycles. The molecule has 2 heteroatoms. The van der Waals surface area contributed by atoms with E-state index >= 15 is 0 Å². The molecule has 0 spiro atoms. The standard InChI is InChI=1S/C22H16S2/c1-13-7-9-17-19(11-13)23-22-18-10-8-15(12-20(18)24-21(17)22)16-6-4-3-5-14(16)2/h3-12H,1-2H3. The van der Waals surface area contributed by atoms with Crippen LogP contribution in [0.1, 0.15) is 11.1 Å². The lowest BCUT2D eigenvalue weighted by Gasteiger charge is -2.05. The molecule has 0 saturated heterocycles. The van der Waals surface area contributed by atoms with Gasteiger partial charge in [-0.2, -0.15) is 0 Å². The number of thiophene rings is 2. The van der Waals surface area contributed by atoms with E-state index in [1.165, 1.54) is 51.8 Å². The molecule has 0 radical (unpaired) electrons. The van der Waals surface area contributed by atoms with Crippen LogP contribution in [0.5, 0.6) is 0 Å². The van der Waals surface area contributed by atoms with Gasteiger partial charge in [0, 0.05) is 20.2 Å². The van der Waals surface area contributed by atoms with Crippen LogP contribution in [0.4, 0.5) is 0 Å². The Morgan fingerprint density at radius 2 is 1.33 bits per heavy atom. The quantitative estimate of drug-likeness (QED) is 0.294. The minimum Gasteiger partial charge on any atom is -0.134 e. The maximum atomic E-state index is 2.36. The van der Waals surface area contributed by atoms with Crippen LogP contribution in [0.15, 0.2) is 60.7 Å². The number of hydrogen-bond donors (Lipinski definition) is 0. The van der Waals surface area contributed by atoms with E-state index in [1.54, 1.807) is 0 Å². The Labute approximate surface area is 149 Å². The van der Waals surface area contributed by atoms with Gasteiger partial charge in [0.1, 0.15) is 0 Å². The third-order valence-corrected chi connectivity index (χ3v) is 7.20. The number of benzene rings is 3. The average Bonchev–Trinajstić information content (AvgIpc) is 3.10. The summed E-state index contributed by atoms with van der Waals surface area (Å²) in [6.07, 6.45) is 0. The smallest absolute Gasteiger partial charge is 0.0542 e. The average molecular weight is 345 g/mol. The summed E-state index contributed by atoms with van der Waals surface area (Å²) in [5, 5.41) is 2.80. The van der Waals surface area contributed by atoms with E-state index in [4.69, 9.17) is 0 Å². The van der Waals surface area contributed by atoms with Crippen LogP contribution in [0.25, 0.3) is 40.7 Å². The topological polar surface area (TPSA) is 0 Å². The first-order chi connectivity index (χ1) is 11.7. The van der Waals surface area contributed by atoms with Gasteiger partial charge in [0.2, 0.25) is 0 Å². The molecule has 0 N–H and O–H groups in total. The summed E-state index contributed by atoms with van der Waals surface area (Å²) in [5.74, 6) is 0. The zero-order chi connectivity index (χ0) is 16.3. The van der Waals surface area contributed by atoms with E-state index in [2.05, 4.69) is 74.5 Å². The molecule has 0 aliphatic rings. The van der Waals surface area contributed by atoms with Crippen molar-refractivity contribution in [3.8, 4) is 11.1 Å². The van der Waals surface area contributed by atoms with Gasteiger partial charge < -0.3 is 0 Å². The van der Waals surface area contributed by atoms with Crippen LogP contribution in [0, 0.1) is 13.8 Å². The van der Waals surface area contributed by atoms with Crippen LogP contribution in [0.2, 0.25) is 0 Å². The molecule has 5 rings (SSSR count). The third-order valence-electron chi connectivity index (χ3n) is 4.69. The van der Waals surface area contributed by atoms with E-state index < -0.39 is 0 Å². The molecule has 3 aromatic carbocycles. The van der Waals surface area contributed by atoms with E-state index in [1.807, 2.05) is 22.7 Å². The molecule has 2 heterocycles. The van der Waals surface area contributed by atoms with Crippen molar-refractivity contribution < 1.29 is 0 Å². The molecular formula is C22H16S2. The van der Waals surface area contributed by atoms with E-state index in [9.17, 15) is 0 Å². The number of aryl methyl sites for hydroxylation is 2. The highest BCUT2D eigenvalue weighted by Gasteiger charge is 2.13. The minimum atomic E-state index is 1.31. The Morgan fingerprint density at radius 3 is 2.08 bits per heavy atom. The summed E-state index contributed by atoms with van der Waals surface area (Å²) in [6.45, 7) is 4.35. The molecule has 5 aromatic rings. The van der Waals surface area contributed by atoms with E-state index in [0.717, 1.165) is 0 Å². The van der Waals surface area contributed by atoms with Gasteiger partial charge in [0.25, 0.3) is 0 Å².